The molecule has 1 aliphatic carbocycles. The molecule has 0 bridgehead atoms. The molecule has 1 heteroatoms. The second-order valence-corrected chi connectivity index (χ2v) is 5.26. The fraction of sp³-hybridized carbons (Fsp3) is 0.600. The number of rotatable bonds is 2. The fourth-order valence-corrected chi connectivity index (χ4v) is 3.45. The molecule has 1 aromatic carbocycles. The smallest absolute Gasteiger partial charge is 0.0642 e. The summed E-state index contributed by atoms with van der Waals surface area (Å²) in [6.07, 6.45) is 2.75. The van der Waals surface area contributed by atoms with Crippen LogP contribution in [0.15, 0.2) is 24.3 Å². The van der Waals surface area contributed by atoms with Crippen LogP contribution in [0.25, 0.3) is 0 Å². The zero-order chi connectivity index (χ0) is 11.8. The minimum Gasteiger partial charge on any atom is -0.392 e. The highest BCUT2D eigenvalue weighted by Crippen LogP contribution is 2.45. The lowest BCUT2D eigenvalue weighted by Crippen LogP contribution is -2.47. The first-order valence-electron chi connectivity index (χ1n) is 6.39. The molecule has 1 aromatic rings. The van der Waals surface area contributed by atoms with E-state index in [9.17, 15) is 5.11 Å². The molecule has 88 valence electrons. The molecular weight excluding hydrogens is 196 g/mol. The Kier molecular flexibility index (Phi) is 3.07. The molecule has 0 spiro atoms. The summed E-state index contributed by atoms with van der Waals surface area (Å²) in [5, 5.41) is 10.4. The van der Waals surface area contributed by atoms with Gasteiger partial charge in [0.1, 0.15) is 0 Å². The van der Waals surface area contributed by atoms with Gasteiger partial charge in [-0.2, -0.15) is 0 Å². The first-order valence-corrected chi connectivity index (χ1v) is 6.39. The maximum absolute atomic E-state index is 10.4. The van der Waals surface area contributed by atoms with Crippen LogP contribution >= 0.6 is 0 Å². The van der Waals surface area contributed by atoms with Crippen molar-refractivity contribution in [3.8, 4) is 0 Å². The zero-order valence-electron chi connectivity index (χ0n) is 10.5. The summed E-state index contributed by atoms with van der Waals surface area (Å²) in [5.74, 6) is 0.481. The summed E-state index contributed by atoms with van der Waals surface area (Å²) >= 11 is 0. The van der Waals surface area contributed by atoms with Crippen molar-refractivity contribution >= 4 is 0 Å². The molecule has 0 fully saturated rings. The first-order chi connectivity index (χ1) is 7.63. The van der Waals surface area contributed by atoms with E-state index in [0.717, 1.165) is 19.3 Å². The van der Waals surface area contributed by atoms with Crippen LogP contribution in [0, 0.1) is 5.92 Å². The maximum Gasteiger partial charge on any atom is 0.0642 e. The Balaban J connectivity index is 2.58. The second-order valence-electron chi connectivity index (χ2n) is 5.26. The predicted octanol–water partition coefficient (Wildman–Crippen LogP) is 3.30. The minimum absolute atomic E-state index is 0.0329. The Hall–Kier alpha value is -0.820. The molecule has 0 radical (unpaired) electrons. The summed E-state index contributed by atoms with van der Waals surface area (Å²) < 4.78 is 0. The molecule has 2 atom stereocenters. The number of fused-ring (bicyclic) bond motifs is 1. The third-order valence-electron chi connectivity index (χ3n) is 4.42. The van der Waals surface area contributed by atoms with E-state index in [2.05, 4.69) is 45.0 Å². The lowest BCUT2D eigenvalue weighted by molar-refractivity contribution is 0.0315. The standard InChI is InChI=1S/C15H22O/c1-4-15(11(2)3)13-8-6-5-7-12(13)9-10-14(15)16/h5-8,11,14,16H,4,9-10H2,1-3H3. The molecule has 2 unspecified atom stereocenters. The number of aliphatic hydroxyl groups excluding tert-OH is 1. The van der Waals surface area contributed by atoms with Crippen LogP contribution in [0.4, 0.5) is 0 Å². The highest BCUT2D eigenvalue weighted by atomic mass is 16.3. The largest absolute Gasteiger partial charge is 0.392 e. The number of benzene rings is 1. The number of aryl methyl sites for hydroxylation is 1. The van der Waals surface area contributed by atoms with E-state index in [-0.39, 0.29) is 11.5 Å². The van der Waals surface area contributed by atoms with Gasteiger partial charge in [0.05, 0.1) is 6.10 Å². The molecule has 0 amide bonds. The third kappa shape index (κ3) is 1.49. The van der Waals surface area contributed by atoms with Crippen LogP contribution in [0.3, 0.4) is 0 Å². The van der Waals surface area contributed by atoms with Gasteiger partial charge in [-0.3, -0.25) is 0 Å². The van der Waals surface area contributed by atoms with Crippen LogP contribution in [0.2, 0.25) is 0 Å². The van der Waals surface area contributed by atoms with E-state index < -0.39 is 0 Å². The molecular formula is C15H22O. The van der Waals surface area contributed by atoms with Crippen molar-refractivity contribution in [1.29, 1.82) is 0 Å². The SMILES string of the molecule is CCC1(C(C)C)c2ccccc2CCC1O. The molecule has 0 saturated carbocycles. The summed E-state index contributed by atoms with van der Waals surface area (Å²) in [6.45, 7) is 6.66. The van der Waals surface area contributed by atoms with Gasteiger partial charge >= 0.3 is 0 Å². The van der Waals surface area contributed by atoms with Crippen LogP contribution < -0.4 is 0 Å². The normalized spacial score (nSPS) is 29.2. The second kappa shape index (κ2) is 4.21. The lowest BCUT2D eigenvalue weighted by atomic mass is 9.61. The topological polar surface area (TPSA) is 20.2 Å². The van der Waals surface area contributed by atoms with E-state index in [0.29, 0.717) is 5.92 Å². The van der Waals surface area contributed by atoms with E-state index >= 15 is 0 Å². The zero-order valence-corrected chi connectivity index (χ0v) is 10.5. The van der Waals surface area contributed by atoms with E-state index in [1.54, 1.807) is 0 Å². The van der Waals surface area contributed by atoms with Crippen molar-refractivity contribution in [2.75, 3.05) is 0 Å². The Morgan fingerprint density at radius 2 is 2.06 bits per heavy atom. The van der Waals surface area contributed by atoms with Crippen LogP contribution in [0.1, 0.15) is 44.7 Å². The molecule has 0 aliphatic heterocycles. The Bertz CT molecular complexity index is 369. The number of hydrogen-bond donors (Lipinski definition) is 1. The van der Waals surface area contributed by atoms with Gasteiger partial charge in [0.15, 0.2) is 0 Å². The molecule has 16 heavy (non-hydrogen) atoms. The highest BCUT2D eigenvalue weighted by molar-refractivity contribution is 5.38. The van der Waals surface area contributed by atoms with Crippen molar-refractivity contribution in [3.63, 3.8) is 0 Å². The molecule has 1 aliphatic rings. The van der Waals surface area contributed by atoms with Gasteiger partial charge in [-0.15, -0.1) is 0 Å². The van der Waals surface area contributed by atoms with Crippen molar-refractivity contribution < 1.29 is 5.11 Å². The van der Waals surface area contributed by atoms with Crippen LogP contribution in [-0.4, -0.2) is 11.2 Å². The van der Waals surface area contributed by atoms with E-state index in [1.807, 2.05) is 0 Å². The van der Waals surface area contributed by atoms with E-state index in [1.165, 1.54) is 11.1 Å². The molecule has 0 saturated heterocycles. The minimum atomic E-state index is -0.188. The predicted molar refractivity (Wildman–Crippen MR) is 67.6 cm³/mol. The van der Waals surface area contributed by atoms with Gasteiger partial charge in [0, 0.05) is 5.41 Å². The fourth-order valence-electron chi connectivity index (χ4n) is 3.45. The summed E-state index contributed by atoms with van der Waals surface area (Å²) in [6, 6.07) is 8.64. The Morgan fingerprint density at radius 1 is 1.38 bits per heavy atom. The van der Waals surface area contributed by atoms with Crippen molar-refractivity contribution in [2.45, 2.75) is 51.6 Å². The molecule has 1 nitrogen and oxygen atoms in total. The van der Waals surface area contributed by atoms with Gasteiger partial charge < -0.3 is 5.11 Å². The van der Waals surface area contributed by atoms with Crippen molar-refractivity contribution in [1.82, 2.24) is 0 Å². The van der Waals surface area contributed by atoms with Crippen LogP contribution in [0.5, 0.6) is 0 Å². The quantitative estimate of drug-likeness (QED) is 0.807. The molecule has 0 heterocycles. The van der Waals surface area contributed by atoms with Gasteiger partial charge in [0.2, 0.25) is 0 Å². The van der Waals surface area contributed by atoms with Crippen molar-refractivity contribution in [3.05, 3.63) is 35.4 Å². The van der Waals surface area contributed by atoms with Gasteiger partial charge in [0.25, 0.3) is 0 Å². The Labute approximate surface area is 98.5 Å². The number of aliphatic hydroxyl groups is 1. The average Bonchev–Trinajstić information content (AvgIpc) is 2.29. The molecule has 0 aromatic heterocycles. The number of hydrogen-bond acceptors (Lipinski definition) is 1. The van der Waals surface area contributed by atoms with Crippen molar-refractivity contribution in [2.24, 2.45) is 5.92 Å². The Morgan fingerprint density at radius 3 is 2.69 bits per heavy atom. The summed E-state index contributed by atoms with van der Waals surface area (Å²) in [7, 11) is 0. The molecule has 2 rings (SSSR count). The third-order valence-corrected chi connectivity index (χ3v) is 4.42. The average molecular weight is 218 g/mol. The first kappa shape index (κ1) is 11.7. The lowest BCUT2D eigenvalue weighted by Gasteiger charge is -2.46. The summed E-state index contributed by atoms with van der Waals surface area (Å²) in [4.78, 5) is 0. The van der Waals surface area contributed by atoms with Gasteiger partial charge in [-0.05, 0) is 36.3 Å². The van der Waals surface area contributed by atoms with Gasteiger partial charge in [-0.25, -0.2) is 0 Å². The molecule has 1 N–H and O–H groups in total. The van der Waals surface area contributed by atoms with Crippen LogP contribution in [-0.2, 0) is 11.8 Å². The summed E-state index contributed by atoms with van der Waals surface area (Å²) in [5.41, 5.74) is 2.78. The van der Waals surface area contributed by atoms with Gasteiger partial charge in [-0.1, -0.05) is 45.0 Å². The van der Waals surface area contributed by atoms with E-state index in [4.69, 9.17) is 0 Å². The monoisotopic (exact) mass is 218 g/mol. The maximum atomic E-state index is 10.4. The highest BCUT2D eigenvalue weighted by Gasteiger charge is 2.44.